The van der Waals surface area contributed by atoms with E-state index in [9.17, 15) is 13.2 Å². The molecule has 3 aromatic carbocycles. The van der Waals surface area contributed by atoms with E-state index in [2.05, 4.69) is 46.6 Å². The molecule has 2 aliphatic heterocycles. The van der Waals surface area contributed by atoms with Crippen molar-refractivity contribution in [2.75, 3.05) is 38.6 Å². The molecule has 5 rings (SSSR count). The van der Waals surface area contributed by atoms with Crippen molar-refractivity contribution in [2.45, 2.75) is 68.4 Å². The molecule has 2 heterocycles. The number of carbonyl (C=O) groups is 1. The lowest BCUT2D eigenvalue weighted by molar-refractivity contribution is 0.0105. The summed E-state index contributed by atoms with van der Waals surface area (Å²) in [5.41, 5.74) is 3.21. The van der Waals surface area contributed by atoms with E-state index in [1.165, 1.54) is 16.7 Å². The standard InChI is InChI=1S/C35H45N3O4S/c1-34(2,3)42-33(39)38-25-30-14-10-11-17-32(30)35(26-38)19-22-37(23-20-35)21-18-29(28-12-6-4-7-13-28)24-36-27-43(40,41)31-15-8-5-9-16-31/h4-17,29,36H,18-27H2,1-3H3. The van der Waals surface area contributed by atoms with Gasteiger partial charge >= 0.3 is 6.09 Å². The molecule has 43 heavy (non-hydrogen) atoms. The number of nitrogens with one attached hydrogen (secondary N) is 1. The largest absolute Gasteiger partial charge is 0.444 e. The van der Waals surface area contributed by atoms with Gasteiger partial charge in [0.25, 0.3) is 0 Å². The lowest BCUT2D eigenvalue weighted by atomic mass is 9.69. The van der Waals surface area contributed by atoms with Gasteiger partial charge < -0.3 is 19.9 Å². The van der Waals surface area contributed by atoms with Crippen LogP contribution < -0.4 is 5.32 Å². The molecule has 1 N–H and O–H groups in total. The van der Waals surface area contributed by atoms with E-state index in [0.29, 0.717) is 24.5 Å². The third-order valence-corrected chi connectivity index (χ3v) is 10.3. The molecule has 8 heteroatoms. The SMILES string of the molecule is CC(C)(C)OC(=O)N1Cc2ccccc2C2(CCN(CCC(CNCS(=O)(=O)c3ccccc3)c3ccccc3)CC2)C1. The fourth-order valence-electron chi connectivity index (χ4n) is 6.50. The molecule has 1 saturated heterocycles. The first-order chi connectivity index (χ1) is 20.5. The molecule has 0 aliphatic carbocycles. The van der Waals surface area contributed by atoms with Gasteiger partial charge in [-0.3, -0.25) is 0 Å². The van der Waals surface area contributed by atoms with Gasteiger partial charge in [0.05, 0.1) is 4.90 Å². The highest BCUT2D eigenvalue weighted by molar-refractivity contribution is 7.91. The summed E-state index contributed by atoms with van der Waals surface area (Å²) in [5, 5.41) is 3.24. The molecule has 0 bridgehead atoms. The van der Waals surface area contributed by atoms with E-state index >= 15 is 0 Å². The minimum Gasteiger partial charge on any atom is -0.444 e. The zero-order valence-electron chi connectivity index (χ0n) is 25.7. The number of rotatable bonds is 9. The van der Waals surface area contributed by atoms with E-state index in [4.69, 9.17) is 4.74 Å². The van der Waals surface area contributed by atoms with Crippen molar-refractivity contribution in [1.82, 2.24) is 15.1 Å². The Kier molecular flexibility index (Phi) is 9.59. The summed E-state index contributed by atoms with van der Waals surface area (Å²) in [7, 11) is -3.39. The molecular formula is C35H45N3O4S. The Morgan fingerprint density at radius 1 is 0.930 bits per heavy atom. The highest BCUT2D eigenvalue weighted by Gasteiger charge is 2.43. The Morgan fingerprint density at radius 3 is 2.23 bits per heavy atom. The number of piperidine rings is 1. The van der Waals surface area contributed by atoms with Crippen LogP contribution in [0.15, 0.2) is 89.8 Å². The van der Waals surface area contributed by atoms with Gasteiger partial charge in [0, 0.05) is 25.0 Å². The van der Waals surface area contributed by atoms with Crippen LogP contribution in [-0.2, 0) is 26.5 Å². The van der Waals surface area contributed by atoms with E-state index < -0.39 is 15.4 Å². The minimum atomic E-state index is -3.39. The topological polar surface area (TPSA) is 79.0 Å². The molecule has 0 radical (unpaired) electrons. The summed E-state index contributed by atoms with van der Waals surface area (Å²) in [5.74, 6) is 0.112. The van der Waals surface area contributed by atoms with Gasteiger partial charge in [0.1, 0.15) is 11.5 Å². The number of hydrogen-bond donors (Lipinski definition) is 1. The fraction of sp³-hybridized carbons (Fsp3) is 0.457. The molecule has 1 unspecified atom stereocenters. The van der Waals surface area contributed by atoms with Crippen molar-refractivity contribution in [2.24, 2.45) is 0 Å². The van der Waals surface area contributed by atoms with Crippen LogP contribution in [0.4, 0.5) is 4.79 Å². The maximum atomic E-state index is 13.1. The van der Waals surface area contributed by atoms with Crippen molar-refractivity contribution in [3.8, 4) is 0 Å². The maximum Gasteiger partial charge on any atom is 0.410 e. The highest BCUT2D eigenvalue weighted by Crippen LogP contribution is 2.42. The Balaban J connectivity index is 1.21. The second-order valence-corrected chi connectivity index (χ2v) is 15.0. The number of likely N-dealkylation sites (tertiary alicyclic amines) is 1. The number of sulfone groups is 1. The zero-order valence-corrected chi connectivity index (χ0v) is 26.5. The van der Waals surface area contributed by atoms with E-state index in [-0.39, 0.29) is 23.3 Å². The molecular weight excluding hydrogens is 558 g/mol. The number of benzene rings is 3. The minimum absolute atomic E-state index is 0.0750. The van der Waals surface area contributed by atoms with Crippen LogP contribution >= 0.6 is 0 Å². The number of ether oxygens (including phenoxy) is 1. The number of carbonyl (C=O) groups excluding carboxylic acids is 1. The summed E-state index contributed by atoms with van der Waals surface area (Å²) in [6, 6.07) is 27.6. The second-order valence-electron chi connectivity index (χ2n) is 13.0. The van der Waals surface area contributed by atoms with Crippen molar-refractivity contribution < 1.29 is 17.9 Å². The van der Waals surface area contributed by atoms with Crippen molar-refractivity contribution in [3.05, 3.63) is 102 Å². The van der Waals surface area contributed by atoms with Crippen molar-refractivity contribution in [1.29, 1.82) is 0 Å². The van der Waals surface area contributed by atoms with Gasteiger partial charge in [-0.25, -0.2) is 13.2 Å². The van der Waals surface area contributed by atoms with Crippen LogP contribution in [0.1, 0.15) is 62.6 Å². The van der Waals surface area contributed by atoms with Gasteiger partial charge in [-0.1, -0.05) is 72.8 Å². The van der Waals surface area contributed by atoms with Gasteiger partial charge in [-0.05, 0) is 94.4 Å². The molecule has 1 fully saturated rings. The van der Waals surface area contributed by atoms with E-state index in [1.807, 2.05) is 49.9 Å². The molecule has 1 amide bonds. The maximum absolute atomic E-state index is 13.1. The van der Waals surface area contributed by atoms with Crippen LogP contribution in [0.5, 0.6) is 0 Å². The summed E-state index contributed by atoms with van der Waals surface area (Å²) < 4.78 is 31.4. The van der Waals surface area contributed by atoms with Gasteiger partial charge in [-0.2, -0.15) is 0 Å². The first kappa shape index (κ1) is 31.2. The Morgan fingerprint density at radius 2 is 1.56 bits per heavy atom. The second kappa shape index (κ2) is 13.2. The molecule has 1 spiro atoms. The van der Waals surface area contributed by atoms with Crippen molar-refractivity contribution in [3.63, 3.8) is 0 Å². The predicted octanol–water partition coefficient (Wildman–Crippen LogP) is 5.97. The number of amides is 1. The number of nitrogens with zero attached hydrogens (tertiary/aromatic N) is 2. The summed E-state index contributed by atoms with van der Waals surface area (Å²) in [6.07, 6.45) is 2.65. The van der Waals surface area contributed by atoms with Gasteiger partial charge in [-0.15, -0.1) is 0 Å². The normalized spacial score (nSPS) is 17.8. The van der Waals surface area contributed by atoms with Crippen LogP contribution in [-0.4, -0.2) is 68.5 Å². The third-order valence-electron chi connectivity index (χ3n) is 8.76. The molecule has 0 aromatic heterocycles. The quantitative estimate of drug-likeness (QED) is 0.325. The monoisotopic (exact) mass is 603 g/mol. The van der Waals surface area contributed by atoms with Gasteiger partial charge in [0.15, 0.2) is 9.84 Å². The molecule has 2 aliphatic rings. The lowest BCUT2D eigenvalue weighted by Gasteiger charge is -2.48. The first-order valence-electron chi connectivity index (χ1n) is 15.4. The van der Waals surface area contributed by atoms with Crippen molar-refractivity contribution >= 4 is 15.9 Å². The number of fused-ring (bicyclic) bond motifs is 2. The average molecular weight is 604 g/mol. The molecule has 7 nitrogen and oxygen atoms in total. The van der Waals surface area contributed by atoms with E-state index in [0.717, 1.165) is 38.9 Å². The van der Waals surface area contributed by atoms with Gasteiger partial charge in [0.2, 0.25) is 0 Å². The molecule has 0 saturated carbocycles. The summed E-state index contributed by atoms with van der Waals surface area (Å²) in [4.78, 5) is 17.9. The molecule has 230 valence electrons. The third kappa shape index (κ3) is 7.85. The highest BCUT2D eigenvalue weighted by atomic mass is 32.2. The first-order valence-corrected chi connectivity index (χ1v) is 17.0. The summed E-state index contributed by atoms with van der Waals surface area (Å²) >= 11 is 0. The summed E-state index contributed by atoms with van der Waals surface area (Å²) in [6.45, 7) is 10.4. The molecule has 3 aromatic rings. The van der Waals surface area contributed by atoms with Crippen LogP contribution in [0.2, 0.25) is 0 Å². The molecule has 1 atom stereocenters. The zero-order chi connectivity index (χ0) is 30.5. The number of hydrogen-bond acceptors (Lipinski definition) is 6. The van der Waals surface area contributed by atoms with Crippen LogP contribution in [0.25, 0.3) is 0 Å². The fourth-order valence-corrected chi connectivity index (χ4v) is 7.63. The van der Waals surface area contributed by atoms with Crippen LogP contribution in [0.3, 0.4) is 0 Å². The lowest BCUT2D eigenvalue weighted by Crippen LogP contribution is -2.54. The predicted molar refractivity (Wildman–Crippen MR) is 171 cm³/mol. The Hall–Kier alpha value is -3.20. The smallest absolute Gasteiger partial charge is 0.410 e. The Bertz CT molecular complexity index is 1460. The Labute approximate surface area is 257 Å². The average Bonchev–Trinajstić information content (AvgIpc) is 3.00. The van der Waals surface area contributed by atoms with E-state index in [1.54, 1.807) is 24.3 Å². The van der Waals surface area contributed by atoms with Crippen LogP contribution in [0, 0.1) is 0 Å².